The van der Waals surface area contributed by atoms with Crippen LogP contribution in [-0.4, -0.2) is 36.9 Å². The molecule has 164 valence electrons. The zero-order valence-electron chi connectivity index (χ0n) is 18.1. The summed E-state index contributed by atoms with van der Waals surface area (Å²) >= 11 is 0. The largest absolute Gasteiger partial charge is 0.444 e. The quantitative estimate of drug-likeness (QED) is 0.745. The lowest BCUT2D eigenvalue weighted by molar-refractivity contribution is 0.0518. The lowest BCUT2D eigenvalue weighted by Gasteiger charge is -2.24. The minimum atomic E-state index is -0.482. The first kappa shape index (κ1) is 21.0. The van der Waals surface area contributed by atoms with Crippen molar-refractivity contribution in [2.45, 2.75) is 39.0 Å². The van der Waals surface area contributed by atoms with Gasteiger partial charge in [-0.15, -0.1) is 0 Å². The van der Waals surface area contributed by atoms with Gasteiger partial charge in [0.05, 0.1) is 0 Å². The van der Waals surface area contributed by atoms with Crippen LogP contribution >= 0.6 is 0 Å². The van der Waals surface area contributed by atoms with Crippen molar-refractivity contribution in [2.24, 2.45) is 11.8 Å². The smallest absolute Gasteiger partial charge is 0.411 e. The Morgan fingerprint density at radius 1 is 0.968 bits per heavy atom. The van der Waals surface area contributed by atoms with Crippen molar-refractivity contribution < 1.29 is 19.1 Å². The molecule has 0 radical (unpaired) electrons. The fourth-order valence-corrected chi connectivity index (χ4v) is 4.03. The molecule has 0 spiro atoms. The molecular formula is C24H29N3O4. The van der Waals surface area contributed by atoms with Gasteiger partial charge in [0, 0.05) is 42.3 Å². The number of hydrogen-bond acceptors (Lipinski definition) is 5. The van der Waals surface area contributed by atoms with Gasteiger partial charge in [0.1, 0.15) is 12.2 Å². The molecule has 0 bridgehead atoms. The molecule has 1 unspecified atom stereocenters. The van der Waals surface area contributed by atoms with Gasteiger partial charge in [-0.1, -0.05) is 30.3 Å². The van der Waals surface area contributed by atoms with Crippen LogP contribution in [0.3, 0.4) is 0 Å². The Morgan fingerprint density at radius 3 is 2.23 bits per heavy atom. The van der Waals surface area contributed by atoms with Crippen molar-refractivity contribution in [1.29, 1.82) is 0 Å². The molecule has 4 rings (SSSR count). The van der Waals surface area contributed by atoms with Crippen molar-refractivity contribution in [1.82, 2.24) is 5.32 Å². The Hall–Kier alpha value is -3.22. The van der Waals surface area contributed by atoms with Crippen LogP contribution in [0.4, 0.5) is 21.0 Å². The molecule has 2 amide bonds. The zero-order chi connectivity index (χ0) is 22.0. The van der Waals surface area contributed by atoms with Crippen LogP contribution in [0.5, 0.6) is 0 Å². The number of ether oxygens (including phenoxy) is 2. The first-order valence-corrected chi connectivity index (χ1v) is 10.6. The summed E-state index contributed by atoms with van der Waals surface area (Å²) in [4.78, 5) is 26.3. The lowest BCUT2D eigenvalue weighted by atomic mass is 10.2. The number of alkyl carbamates (subject to hydrolysis) is 1. The van der Waals surface area contributed by atoms with Crippen LogP contribution < -0.4 is 15.5 Å². The molecule has 1 saturated carbocycles. The molecule has 1 aliphatic carbocycles. The summed E-state index contributed by atoms with van der Waals surface area (Å²) in [6.45, 7) is 7.63. The Morgan fingerprint density at radius 2 is 1.61 bits per heavy atom. The predicted molar refractivity (Wildman–Crippen MR) is 119 cm³/mol. The Labute approximate surface area is 182 Å². The third kappa shape index (κ3) is 5.48. The van der Waals surface area contributed by atoms with Crippen LogP contribution in [0.2, 0.25) is 0 Å². The molecule has 2 aromatic rings. The second-order valence-corrected chi connectivity index (χ2v) is 9.14. The minimum Gasteiger partial charge on any atom is -0.444 e. The summed E-state index contributed by atoms with van der Waals surface area (Å²) in [5, 5.41) is 5.74. The number of nitrogens with zero attached hydrogens (tertiary/aromatic N) is 1. The van der Waals surface area contributed by atoms with Crippen molar-refractivity contribution in [3.8, 4) is 0 Å². The number of nitrogens with one attached hydrogen (secondary N) is 2. The van der Waals surface area contributed by atoms with Crippen LogP contribution in [0.25, 0.3) is 0 Å². The number of benzene rings is 2. The lowest BCUT2D eigenvalue weighted by Crippen LogP contribution is -2.38. The molecule has 0 aromatic heterocycles. The van der Waals surface area contributed by atoms with Gasteiger partial charge >= 0.3 is 12.2 Å². The number of fused-ring (bicyclic) bond motifs is 1. The Bertz CT molecular complexity index is 912. The summed E-state index contributed by atoms with van der Waals surface area (Å²) in [5.74, 6) is 0.913. The van der Waals surface area contributed by atoms with E-state index in [1.807, 2.05) is 75.4 Å². The van der Waals surface area contributed by atoms with E-state index in [1.165, 1.54) is 0 Å². The van der Waals surface area contributed by atoms with Crippen LogP contribution in [-0.2, 0) is 16.1 Å². The maximum atomic E-state index is 12.0. The molecule has 2 fully saturated rings. The Kier molecular flexibility index (Phi) is 5.76. The van der Waals surface area contributed by atoms with Crippen LogP contribution in [0.15, 0.2) is 54.6 Å². The maximum Gasteiger partial charge on any atom is 0.411 e. The number of anilines is 2. The van der Waals surface area contributed by atoms with Crippen molar-refractivity contribution in [3.63, 3.8) is 0 Å². The van der Waals surface area contributed by atoms with Crippen molar-refractivity contribution >= 4 is 23.6 Å². The molecule has 1 saturated heterocycles. The zero-order valence-corrected chi connectivity index (χ0v) is 18.1. The Balaban J connectivity index is 1.21. The minimum absolute atomic E-state index is 0.200. The molecule has 2 aliphatic rings. The third-order valence-electron chi connectivity index (χ3n) is 5.57. The van der Waals surface area contributed by atoms with Gasteiger partial charge in [0.2, 0.25) is 0 Å². The SMILES string of the molecule is CC(C)(C)OC(=O)NC1[C@H]2CN(c3ccc(NC(=O)OCc4ccccc4)cc3)C[C@@H]12. The molecule has 7 nitrogen and oxygen atoms in total. The highest BCUT2D eigenvalue weighted by Gasteiger charge is 2.56. The predicted octanol–water partition coefficient (Wildman–Crippen LogP) is 4.39. The maximum absolute atomic E-state index is 12.0. The van der Waals surface area contributed by atoms with E-state index in [2.05, 4.69) is 15.5 Å². The van der Waals surface area contributed by atoms with Crippen molar-refractivity contribution in [3.05, 3.63) is 60.2 Å². The topological polar surface area (TPSA) is 79.9 Å². The first-order valence-electron chi connectivity index (χ1n) is 10.6. The van der Waals surface area contributed by atoms with E-state index in [9.17, 15) is 9.59 Å². The van der Waals surface area contributed by atoms with Gasteiger partial charge in [-0.2, -0.15) is 0 Å². The highest BCUT2D eigenvalue weighted by atomic mass is 16.6. The summed E-state index contributed by atoms with van der Waals surface area (Å²) in [5.41, 5.74) is 2.26. The standard InChI is InChI=1S/C24H29N3O4/c1-24(2,3)31-23(29)26-21-19-13-27(14-20(19)21)18-11-9-17(10-12-18)25-22(28)30-15-16-7-5-4-6-8-16/h4-12,19-21H,13-15H2,1-3H3,(H,25,28)(H,26,29)/t19-,20+,21?. The number of carbonyl (C=O) groups is 2. The second-order valence-electron chi connectivity index (χ2n) is 9.14. The van der Waals surface area contributed by atoms with Crippen molar-refractivity contribution in [2.75, 3.05) is 23.3 Å². The summed E-state index contributed by atoms with van der Waals surface area (Å²) < 4.78 is 10.6. The highest BCUT2D eigenvalue weighted by Crippen LogP contribution is 2.47. The highest BCUT2D eigenvalue weighted by molar-refractivity contribution is 5.84. The number of carbonyl (C=O) groups excluding carboxylic acids is 2. The van der Waals surface area contributed by atoms with E-state index in [0.29, 0.717) is 17.5 Å². The second kappa shape index (κ2) is 8.49. The van der Waals surface area contributed by atoms with E-state index in [-0.39, 0.29) is 18.7 Å². The molecule has 3 atom stereocenters. The van der Waals surface area contributed by atoms with Gasteiger partial charge < -0.3 is 19.7 Å². The summed E-state index contributed by atoms with van der Waals surface area (Å²) in [6, 6.07) is 17.5. The van der Waals surface area contributed by atoms with E-state index in [1.54, 1.807) is 0 Å². The van der Waals surface area contributed by atoms with Gasteiger partial charge in [-0.3, -0.25) is 5.32 Å². The average Bonchev–Trinajstić information content (AvgIpc) is 3.15. The summed E-state index contributed by atoms with van der Waals surface area (Å²) in [7, 11) is 0. The molecule has 31 heavy (non-hydrogen) atoms. The van der Waals surface area contributed by atoms with E-state index in [0.717, 1.165) is 24.3 Å². The molecular weight excluding hydrogens is 394 g/mol. The number of amides is 2. The molecule has 7 heteroatoms. The van der Waals surface area contributed by atoms with Gasteiger partial charge in [-0.25, -0.2) is 9.59 Å². The fraction of sp³-hybridized carbons (Fsp3) is 0.417. The third-order valence-corrected chi connectivity index (χ3v) is 5.57. The van der Waals surface area contributed by atoms with E-state index < -0.39 is 11.7 Å². The van der Waals surface area contributed by atoms with Gasteiger partial charge in [-0.05, 0) is 50.6 Å². The van der Waals surface area contributed by atoms with E-state index in [4.69, 9.17) is 9.47 Å². The van der Waals surface area contributed by atoms with Crippen LogP contribution in [0, 0.1) is 11.8 Å². The molecule has 2 aromatic carbocycles. The molecule has 2 N–H and O–H groups in total. The van der Waals surface area contributed by atoms with Gasteiger partial charge in [0.15, 0.2) is 0 Å². The number of rotatable bonds is 5. The normalized spacial score (nSPS) is 21.8. The molecule has 1 heterocycles. The van der Waals surface area contributed by atoms with E-state index >= 15 is 0 Å². The van der Waals surface area contributed by atoms with Gasteiger partial charge in [0.25, 0.3) is 0 Å². The first-order chi connectivity index (χ1) is 14.8. The molecule has 1 aliphatic heterocycles. The monoisotopic (exact) mass is 423 g/mol. The average molecular weight is 424 g/mol. The number of piperidine rings is 1. The van der Waals surface area contributed by atoms with Crippen LogP contribution in [0.1, 0.15) is 26.3 Å². The fourth-order valence-electron chi connectivity index (χ4n) is 4.03. The summed E-state index contributed by atoms with van der Waals surface area (Å²) in [6.07, 6.45) is -0.817. The number of hydrogen-bond donors (Lipinski definition) is 2.